The molecule has 0 bridgehead atoms. The Labute approximate surface area is 165 Å². The molecule has 28 heavy (non-hydrogen) atoms. The van der Waals surface area contributed by atoms with Crippen molar-refractivity contribution in [3.8, 4) is 11.1 Å². The third-order valence-corrected chi connectivity index (χ3v) is 4.67. The molecule has 1 aliphatic heterocycles. The summed E-state index contributed by atoms with van der Waals surface area (Å²) in [7, 11) is 0. The van der Waals surface area contributed by atoms with E-state index < -0.39 is 0 Å². The standard InChI is InChI=1S/C13H10O.C11H14N2O/c14-10-11-6-8-13(9-7-11)12-4-2-1-3-5-12;14-9-10-1-3-11(4-2-10)13-7-5-12-6-8-13/h1-10H;1-4,9,12H,5-8H2. The van der Waals surface area contributed by atoms with E-state index in [-0.39, 0.29) is 0 Å². The molecule has 4 nitrogen and oxygen atoms in total. The van der Waals surface area contributed by atoms with Gasteiger partial charge in [-0.2, -0.15) is 0 Å². The topological polar surface area (TPSA) is 49.4 Å². The summed E-state index contributed by atoms with van der Waals surface area (Å²) in [5.74, 6) is 0. The smallest absolute Gasteiger partial charge is 0.150 e. The van der Waals surface area contributed by atoms with Gasteiger partial charge >= 0.3 is 0 Å². The minimum Gasteiger partial charge on any atom is -0.369 e. The summed E-state index contributed by atoms with van der Waals surface area (Å²) in [4.78, 5) is 23.2. The van der Waals surface area contributed by atoms with Crippen molar-refractivity contribution in [3.63, 3.8) is 0 Å². The van der Waals surface area contributed by atoms with Crippen molar-refractivity contribution >= 4 is 18.3 Å². The van der Waals surface area contributed by atoms with Crippen LogP contribution in [-0.4, -0.2) is 38.8 Å². The fourth-order valence-electron chi connectivity index (χ4n) is 3.07. The molecule has 1 aliphatic rings. The lowest BCUT2D eigenvalue weighted by Crippen LogP contribution is -2.43. The summed E-state index contributed by atoms with van der Waals surface area (Å²) in [5, 5.41) is 3.31. The first-order valence-electron chi connectivity index (χ1n) is 9.42. The number of hydrogen-bond donors (Lipinski definition) is 1. The quantitative estimate of drug-likeness (QED) is 0.701. The summed E-state index contributed by atoms with van der Waals surface area (Å²) in [6, 6.07) is 25.4. The fourth-order valence-corrected chi connectivity index (χ4v) is 3.07. The lowest BCUT2D eigenvalue weighted by molar-refractivity contribution is 0.111. The van der Waals surface area contributed by atoms with Crippen molar-refractivity contribution in [2.24, 2.45) is 0 Å². The number of hydrogen-bond acceptors (Lipinski definition) is 4. The molecule has 0 saturated carbocycles. The Morgan fingerprint density at radius 2 is 1.14 bits per heavy atom. The molecule has 4 heteroatoms. The largest absolute Gasteiger partial charge is 0.369 e. The van der Waals surface area contributed by atoms with Crippen LogP contribution in [0, 0.1) is 0 Å². The number of nitrogens with zero attached hydrogens (tertiary/aromatic N) is 1. The van der Waals surface area contributed by atoms with Gasteiger partial charge in [-0.05, 0) is 35.4 Å². The summed E-state index contributed by atoms with van der Waals surface area (Å²) < 4.78 is 0. The highest BCUT2D eigenvalue weighted by Crippen LogP contribution is 2.18. The van der Waals surface area contributed by atoms with Crippen LogP contribution in [0.2, 0.25) is 0 Å². The van der Waals surface area contributed by atoms with E-state index in [9.17, 15) is 9.59 Å². The lowest BCUT2D eigenvalue weighted by atomic mass is 10.0. The number of rotatable bonds is 4. The van der Waals surface area contributed by atoms with E-state index in [2.05, 4.69) is 22.3 Å². The van der Waals surface area contributed by atoms with Crippen LogP contribution in [0.1, 0.15) is 20.7 Å². The molecule has 0 amide bonds. The van der Waals surface area contributed by atoms with Crippen LogP contribution in [0.3, 0.4) is 0 Å². The average molecular weight is 372 g/mol. The van der Waals surface area contributed by atoms with Gasteiger partial charge in [0.25, 0.3) is 0 Å². The number of carbonyl (C=O) groups excluding carboxylic acids is 2. The van der Waals surface area contributed by atoms with E-state index in [1.165, 1.54) is 11.3 Å². The fraction of sp³-hybridized carbons (Fsp3) is 0.167. The highest BCUT2D eigenvalue weighted by atomic mass is 16.1. The van der Waals surface area contributed by atoms with Crippen LogP contribution in [0.5, 0.6) is 0 Å². The summed E-state index contributed by atoms with van der Waals surface area (Å²) >= 11 is 0. The Bertz CT molecular complexity index is 869. The summed E-state index contributed by atoms with van der Waals surface area (Å²) in [5.41, 5.74) is 4.96. The zero-order valence-corrected chi connectivity index (χ0v) is 15.8. The van der Waals surface area contributed by atoms with Gasteiger partial charge < -0.3 is 10.2 Å². The van der Waals surface area contributed by atoms with Gasteiger partial charge in [-0.25, -0.2) is 0 Å². The molecule has 142 valence electrons. The minimum absolute atomic E-state index is 0.713. The van der Waals surface area contributed by atoms with Crippen LogP contribution in [0.15, 0.2) is 78.9 Å². The monoisotopic (exact) mass is 372 g/mol. The van der Waals surface area contributed by atoms with Gasteiger partial charge in [0, 0.05) is 43.0 Å². The van der Waals surface area contributed by atoms with Crippen molar-refractivity contribution < 1.29 is 9.59 Å². The van der Waals surface area contributed by atoms with Crippen molar-refractivity contribution in [2.45, 2.75) is 0 Å². The van der Waals surface area contributed by atoms with E-state index in [4.69, 9.17) is 0 Å². The van der Waals surface area contributed by atoms with Crippen molar-refractivity contribution in [1.82, 2.24) is 5.32 Å². The highest BCUT2D eigenvalue weighted by molar-refractivity contribution is 5.77. The number of anilines is 1. The third-order valence-electron chi connectivity index (χ3n) is 4.67. The Morgan fingerprint density at radius 3 is 1.68 bits per heavy atom. The van der Waals surface area contributed by atoms with Gasteiger partial charge in [0.2, 0.25) is 0 Å². The predicted octanol–water partition coefficient (Wildman–Crippen LogP) is 4.07. The molecule has 0 aliphatic carbocycles. The molecule has 0 spiro atoms. The van der Waals surface area contributed by atoms with Crippen LogP contribution in [-0.2, 0) is 0 Å². The second kappa shape index (κ2) is 10.2. The van der Waals surface area contributed by atoms with Gasteiger partial charge in [-0.15, -0.1) is 0 Å². The first-order valence-corrected chi connectivity index (χ1v) is 9.42. The molecule has 3 aromatic rings. The second-order valence-corrected chi connectivity index (χ2v) is 6.55. The SMILES string of the molecule is O=Cc1ccc(-c2ccccc2)cc1.O=Cc1ccc(N2CCNCC2)cc1. The van der Waals surface area contributed by atoms with Crippen LogP contribution in [0.25, 0.3) is 11.1 Å². The normalized spacial score (nSPS) is 13.2. The van der Waals surface area contributed by atoms with Gasteiger partial charge in [0.1, 0.15) is 12.6 Å². The van der Waals surface area contributed by atoms with Crippen LogP contribution in [0.4, 0.5) is 5.69 Å². The van der Waals surface area contributed by atoms with Crippen molar-refractivity contribution in [1.29, 1.82) is 0 Å². The van der Waals surface area contributed by atoms with Gasteiger partial charge in [0.05, 0.1) is 0 Å². The van der Waals surface area contributed by atoms with Crippen molar-refractivity contribution in [2.75, 3.05) is 31.1 Å². The van der Waals surface area contributed by atoms with Crippen LogP contribution < -0.4 is 10.2 Å². The summed E-state index contributed by atoms with van der Waals surface area (Å²) in [6.45, 7) is 4.16. The Balaban J connectivity index is 0.000000161. The molecule has 0 aromatic heterocycles. The number of piperazine rings is 1. The van der Waals surface area contributed by atoms with E-state index in [1.807, 2.05) is 66.7 Å². The predicted molar refractivity (Wildman–Crippen MR) is 114 cm³/mol. The summed E-state index contributed by atoms with van der Waals surface area (Å²) in [6.07, 6.45) is 1.73. The molecule has 1 fully saturated rings. The molecule has 3 aromatic carbocycles. The molecule has 0 unspecified atom stereocenters. The van der Waals surface area contributed by atoms with Gasteiger partial charge in [-0.1, -0.05) is 54.6 Å². The third kappa shape index (κ3) is 5.38. The Morgan fingerprint density at radius 1 is 0.643 bits per heavy atom. The molecule has 1 saturated heterocycles. The molecule has 0 atom stereocenters. The van der Waals surface area contributed by atoms with E-state index in [0.717, 1.165) is 49.9 Å². The molecular formula is C24H24N2O2. The molecular weight excluding hydrogens is 348 g/mol. The van der Waals surface area contributed by atoms with Crippen LogP contribution >= 0.6 is 0 Å². The van der Waals surface area contributed by atoms with E-state index in [1.54, 1.807) is 0 Å². The number of nitrogens with one attached hydrogen (secondary N) is 1. The molecule has 0 radical (unpaired) electrons. The maximum atomic E-state index is 10.5. The molecule has 4 rings (SSSR count). The lowest BCUT2D eigenvalue weighted by Gasteiger charge is -2.29. The zero-order chi connectivity index (χ0) is 19.6. The highest BCUT2D eigenvalue weighted by Gasteiger charge is 2.09. The first kappa shape index (κ1) is 19.5. The molecule has 1 N–H and O–H groups in total. The van der Waals surface area contributed by atoms with Gasteiger partial charge in [0.15, 0.2) is 0 Å². The average Bonchev–Trinajstić information content (AvgIpc) is 2.81. The van der Waals surface area contributed by atoms with E-state index >= 15 is 0 Å². The second-order valence-electron chi connectivity index (χ2n) is 6.55. The molecule has 1 heterocycles. The Kier molecular flexibility index (Phi) is 7.10. The number of aldehydes is 2. The van der Waals surface area contributed by atoms with E-state index in [0.29, 0.717) is 5.56 Å². The maximum Gasteiger partial charge on any atom is 0.150 e. The zero-order valence-electron chi connectivity index (χ0n) is 15.8. The van der Waals surface area contributed by atoms with Crippen molar-refractivity contribution in [3.05, 3.63) is 90.0 Å². The maximum absolute atomic E-state index is 10.5. The minimum atomic E-state index is 0.713. The van der Waals surface area contributed by atoms with Gasteiger partial charge in [-0.3, -0.25) is 9.59 Å². The Hall–Kier alpha value is -3.24. The number of carbonyl (C=O) groups is 2. The number of benzene rings is 3. The first-order chi connectivity index (χ1) is 13.8.